The molecule has 0 saturated heterocycles. The van der Waals surface area contributed by atoms with E-state index in [0.717, 1.165) is 0 Å². The molecule has 6 nitrogen and oxygen atoms in total. The molecule has 1 heterocycles. The highest BCUT2D eigenvalue weighted by Crippen LogP contribution is 2.33. The Labute approximate surface area is 153 Å². The van der Waals surface area contributed by atoms with Gasteiger partial charge in [-0.05, 0) is 53.5 Å². The van der Waals surface area contributed by atoms with Crippen molar-refractivity contribution < 1.29 is 14.7 Å². The van der Waals surface area contributed by atoms with Crippen LogP contribution < -0.4 is 5.32 Å². The number of hydrogen-bond donors (Lipinski definition) is 2. The number of amides is 2. The molecule has 2 rings (SSSR count). The van der Waals surface area contributed by atoms with Crippen LogP contribution in [0.25, 0.3) is 0 Å². The molecule has 0 aliphatic heterocycles. The van der Waals surface area contributed by atoms with Gasteiger partial charge in [-0.15, -0.1) is 0 Å². The fourth-order valence-corrected chi connectivity index (χ4v) is 3.60. The van der Waals surface area contributed by atoms with Crippen molar-refractivity contribution in [3.05, 3.63) is 29.0 Å². The quantitative estimate of drug-likeness (QED) is 0.798. The fourth-order valence-electron chi connectivity index (χ4n) is 3.25. The Hall–Kier alpha value is -1.82. The van der Waals surface area contributed by atoms with E-state index in [1.54, 1.807) is 32.2 Å². The average Bonchev–Trinajstić information content (AvgIpc) is 2.43. The molecule has 0 aromatic carbocycles. The first-order chi connectivity index (χ1) is 11.4. The first-order valence-electron chi connectivity index (χ1n) is 8.39. The van der Waals surface area contributed by atoms with Crippen LogP contribution in [-0.2, 0) is 10.2 Å². The third-order valence-corrected chi connectivity index (χ3v) is 5.04. The Morgan fingerprint density at radius 2 is 1.88 bits per heavy atom. The molecule has 2 N–H and O–H groups in total. The summed E-state index contributed by atoms with van der Waals surface area (Å²) in [6, 6.07) is 3.44. The molecule has 1 aromatic heterocycles. The molecule has 1 saturated carbocycles. The van der Waals surface area contributed by atoms with E-state index in [9.17, 15) is 14.7 Å². The van der Waals surface area contributed by atoms with Crippen molar-refractivity contribution in [2.45, 2.75) is 70.5 Å². The molecule has 1 aliphatic carbocycles. The van der Waals surface area contributed by atoms with Gasteiger partial charge in [0.1, 0.15) is 5.15 Å². The summed E-state index contributed by atoms with van der Waals surface area (Å²) in [6.45, 7) is 9.24. The lowest BCUT2D eigenvalue weighted by molar-refractivity contribution is -0.127. The molecule has 0 radical (unpaired) electrons. The molecular formula is C18H26ClN3O3. The number of nitrogens with zero attached hydrogens (tertiary/aromatic N) is 2. The van der Waals surface area contributed by atoms with Crippen LogP contribution in [0.4, 0.5) is 4.79 Å². The lowest BCUT2D eigenvalue weighted by atomic mass is 9.80. The predicted molar refractivity (Wildman–Crippen MR) is 96.8 cm³/mol. The number of halogens is 1. The topological polar surface area (TPSA) is 82.5 Å². The van der Waals surface area contributed by atoms with E-state index >= 15 is 0 Å². The second kappa shape index (κ2) is 6.83. The number of aromatic nitrogens is 1. The van der Waals surface area contributed by atoms with Crippen molar-refractivity contribution in [3.63, 3.8) is 0 Å². The molecule has 25 heavy (non-hydrogen) atoms. The van der Waals surface area contributed by atoms with Gasteiger partial charge in [0.2, 0.25) is 5.91 Å². The third-order valence-electron chi connectivity index (χ3n) is 4.74. The molecular weight excluding hydrogens is 342 g/mol. The maximum absolute atomic E-state index is 12.7. The maximum atomic E-state index is 12.7. The summed E-state index contributed by atoms with van der Waals surface area (Å²) in [4.78, 5) is 29.7. The van der Waals surface area contributed by atoms with Crippen LogP contribution in [0.3, 0.4) is 0 Å². The van der Waals surface area contributed by atoms with E-state index in [-0.39, 0.29) is 18.0 Å². The van der Waals surface area contributed by atoms with Crippen molar-refractivity contribution >= 4 is 23.6 Å². The van der Waals surface area contributed by atoms with Gasteiger partial charge >= 0.3 is 6.09 Å². The van der Waals surface area contributed by atoms with Crippen LogP contribution in [0, 0.1) is 0 Å². The Morgan fingerprint density at radius 3 is 2.36 bits per heavy atom. The third kappa shape index (κ3) is 4.06. The first-order valence-corrected chi connectivity index (χ1v) is 8.76. The van der Waals surface area contributed by atoms with E-state index in [1.807, 2.05) is 20.8 Å². The van der Waals surface area contributed by atoms with Crippen molar-refractivity contribution in [3.8, 4) is 0 Å². The van der Waals surface area contributed by atoms with Crippen molar-refractivity contribution in [2.24, 2.45) is 0 Å². The molecule has 2 amide bonds. The number of carbonyl (C=O) groups excluding carboxylic acids is 1. The van der Waals surface area contributed by atoms with Gasteiger partial charge in [0, 0.05) is 29.4 Å². The van der Waals surface area contributed by atoms with Crippen LogP contribution in [0.2, 0.25) is 5.15 Å². The maximum Gasteiger partial charge on any atom is 0.407 e. The van der Waals surface area contributed by atoms with Gasteiger partial charge in [0.25, 0.3) is 0 Å². The lowest BCUT2D eigenvalue weighted by Crippen LogP contribution is -2.61. The molecule has 7 heteroatoms. The molecule has 0 bridgehead atoms. The minimum atomic E-state index is -0.926. The van der Waals surface area contributed by atoms with Crippen LogP contribution in [0.15, 0.2) is 18.3 Å². The summed E-state index contributed by atoms with van der Waals surface area (Å²) in [7, 11) is 0. The smallest absolute Gasteiger partial charge is 0.407 e. The lowest BCUT2D eigenvalue weighted by Gasteiger charge is -2.48. The summed E-state index contributed by atoms with van der Waals surface area (Å²) in [5.41, 5.74) is -0.604. The summed E-state index contributed by atoms with van der Waals surface area (Å²) in [5, 5.41) is 12.8. The van der Waals surface area contributed by atoms with E-state index < -0.39 is 17.0 Å². The van der Waals surface area contributed by atoms with E-state index in [4.69, 9.17) is 11.6 Å². The number of carbonyl (C=O) groups is 2. The molecule has 138 valence electrons. The number of hydrogen-bond acceptors (Lipinski definition) is 3. The van der Waals surface area contributed by atoms with Crippen molar-refractivity contribution in [1.82, 2.24) is 15.2 Å². The van der Waals surface area contributed by atoms with Crippen LogP contribution in [0.5, 0.6) is 0 Å². The molecule has 0 atom stereocenters. The molecule has 0 spiro atoms. The van der Waals surface area contributed by atoms with Gasteiger partial charge in [0.15, 0.2) is 0 Å². The Bertz CT molecular complexity index is 664. The SMILES string of the molecule is CC(C)(C(=O)N[C@H]1C[C@H](N(C(=O)O)C(C)(C)C)C1)c1cccnc1Cl. The standard InChI is InChI=1S/C18H26ClN3O3/c1-17(2,3)22(16(24)25)12-9-11(10-12)21-15(23)18(4,5)13-7-6-8-20-14(13)19/h6-8,11-12H,9-10H2,1-5H3,(H,21,23)(H,24,25)/t11-,12-. The zero-order valence-corrected chi connectivity index (χ0v) is 16.1. The Kier molecular flexibility index (Phi) is 5.33. The van der Waals surface area contributed by atoms with Crippen molar-refractivity contribution in [1.29, 1.82) is 0 Å². The van der Waals surface area contributed by atoms with E-state index in [1.165, 1.54) is 4.90 Å². The summed E-state index contributed by atoms with van der Waals surface area (Å²) >= 11 is 6.12. The second-order valence-electron chi connectivity index (χ2n) is 8.09. The van der Waals surface area contributed by atoms with Gasteiger partial charge < -0.3 is 15.3 Å². The van der Waals surface area contributed by atoms with Gasteiger partial charge in [-0.25, -0.2) is 9.78 Å². The number of nitrogens with one attached hydrogen (secondary N) is 1. The fraction of sp³-hybridized carbons (Fsp3) is 0.611. The predicted octanol–water partition coefficient (Wildman–Crippen LogP) is 3.44. The monoisotopic (exact) mass is 367 g/mol. The Balaban J connectivity index is 2.00. The summed E-state index contributed by atoms with van der Waals surface area (Å²) in [5.74, 6) is -0.136. The Morgan fingerprint density at radius 1 is 1.28 bits per heavy atom. The van der Waals surface area contributed by atoms with Gasteiger partial charge in [0.05, 0.1) is 5.41 Å². The average molecular weight is 368 g/mol. The molecule has 1 aromatic rings. The largest absolute Gasteiger partial charge is 0.465 e. The summed E-state index contributed by atoms with van der Waals surface area (Å²) in [6.07, 6.45) is 1.89. The van der Waals surface area contributed by atoms with Gasteiger partial charge in [-0.1, -0.05) is 17.7 Å². The van der Waals surface area contributed by atoms with Crippen LogP contribution in [0.1, 0.15) is 53.0 Å². The normalized spacial score (nSPS) is 20.6. The first kappa shape index (κ1) is 19.5. The summed E-state index contributed by atoms with van der Waals surface area (Å²) < 4.78 is 0. The number of carboxylic acid groups (broad SMARTS) is 1. The highest BCUT2D eigenvalue weighted by Gasteiger charge is 2.43. The minimum absolute atomic E-state index is 0.0311. The zero-order chi connectivity index (χ0) is 19.0. The number of rotatable bonds is 4. The van der Waals surface area contributed by atoms with Gasteiger partial charge in [-0.2, -0.15) is 0 Å². The minimum Gasteiger partial charge on any atom is -0.465 e. The van der Waals surface area contributed by atoms with Crippen LogP contribution in [-0.4, -0.2) is 44.6 Å². The highest BCUT2D eigenvalue weighted by molar-refractivity contribution is 6.30. The zero-order valence-electron chi connectivity index (χ0n) is 15.3. The molecule has 1 aliphatic rings. The second-order valence-corrected chi connectivity index (χ2v) is 8.44. The molecule has 1 fully saturated rings. The van der Waals surface area contributed by atoms with Crippen LogP contribution >= 0.6 is 11.6 Å². The van der Waals surface area contributed by atoms with Crippen molar-refractivity contribution in [2.75, 3.05) is 0 Å². The number of pyridine rings is 1. The van der Waals surface area contributed by atoms with Gasteiger partial charge in [-0.3, -0.25) is 4.79 Å². The molecule has 0 unspecified atom stereocenters. The van der Waals surface area contributed by atoms with E-state index in [2.05, 4.69) is 10.3 Å². The van der Waals surface area contributed by atoms with E-state index in [0.29, 0.717) is 23.6 Å². The highest BCUT2D eigenvalue weighted by atomic mass is 35.5.